The Balaban J connectivity index is 2.82. The first-order valence-electron chi connectivity index (χ1n) is 3.45. The van der Waals surface area contributed by atoms with Gasteiger partial charge in [0, 0.05) is 6.20 Å². The van der Waals surface area contributed by atoms with Gasteiger partial charge in [-0.15, -0.1) is 0 Å². The molecule has 0 fully saturated rings. The fraction of sp³-hybridized carbons (Fsp3) is 0.250. The summed E-state index contributed by atoms with van der Waals surface area (Å²) in [4.78, 5) is 8.17. The second kappa shape index (κ2) is 2.05. The van der Waals surface area contributed by atoms with Crippen LogP contribution in [0.25, 0.3) is 11.1 Å². The van der Waals surface area contributed by atoms with E-state index < -0.39 is 0 Å². The van der Waals surface area contributed by atoms with E-state index in [-0.39, 0.29) is 0 Å². The number of aromatic nitrogens is 2. The summed E-state index contributed by atoms with van der Waals surface area (Å²) in [5.74, 6) is 1.62. The Morgan fingerprint density at radius 3 is 3.00 bits per heavy atom. The highest BCUT2D eigenvalue weighted by Crippen LogP contribution is 2.14. The van der Waals surface area contributed by atoms with Crippen LogP contribution in [0.15, 0.2) is 16.7 Å². The molecular formula is C8H8N2O. The molecule has 2 heterocycles. The molecule has 3 nitrogen and oxygen atoms in total. The molecule has 0 N–H and O–H groups in total. The minimum Gasteiger partial charge on any atom is -0.443 e. The van der Waals surface area contributed by atoms with Gasteiger partial charge in [0.2, 0.25) is 5.71 Å². The van der Waals surface area contributed by atoms with Crippen LogP contribution in [0.3, 0.4) is 0 Å². The van der Waals surface area contributed by atoms with Crippen LogP contribution in [0.5, 0.6) is 0 Å². The summed E-state index contributed by atoms with van der Waals surface area (Å²) in [6, 6.07) is 1.93. The Morgan fingerprint density at radius 1 is 1.36 bits per heavy atom. The largest absolute Gasteiger partial charge is 0.443 e. The molecule has 0 spiro atoms. The monoisotopic (exact) mass is 148 g/mol. The van der Waals surface area contributed by atoms with Gasteiger partial charge in [-0.1, -0.05) is 0 Å². The van der Waals surface area contributed by atoms with Crippen molar-refractivity contribution in [3.63, 3.8) is 0 Å². The summed E-state index contributed by atoms with van der Waals surface area (Å²) in [6.45, 7) is 3.74. The van der Waals surface area contributed by atoms with E-state index in [1.165, 1.54) is 0 Å². The van der Waals surface area contributed by atoms with Gasteiger partial charge in [-0.25, -0.2) is 4.98 Å². The lowest BCUT2D eigenvalue weighted by Gasteiger charge is -1.87. The summed E-state index contributed by atoms with van der Waals surface area (Å²) in [7, 11) is 0. The van der Waals surface area contributed by atoms with Crippen molar-refractivity contribution in [1.82, 2.24) is 9.97 Å². The van der Waals surface area contributed by atoms with Gasteiger partial charge in [-0.05, 0) is 19.9 Å². The second-order valence-electron chi connectivity index (χ2n) is 2.53. The van der Waals surface area contributed by atoms with Crippen molar-refractivity contribution in [3.05, 3.63) is 23.8 Å². The Bertz CT molecular complexity index is 392. The number of furan rings is 1. The average molecular weight is 148 g/mol. The van der Waals surface area contributed by atoms with Gasteiger partial charge < -0.3 is 4.42 Å². The van der Waals surface area contributed by atoms with Crippen LogP contribution in [0.1, 0.15) is 11.6 Å². The van der Waals surface area contributed by atoms with Gasteiger partial charge in [-0.2, -0.15) is 4.98 Å². The van der Waals surface area contributed by atoms with E-state index in [2.05, 4.69) is 9.97 Å². The molecule has 0 aliphatic heterocycles. The van der Waals surface area contributed by atoms with Crippen molar-refractivity contribution in [1.29, 1.82) is 0 Å². The summed E-state index contributed by atoms with van der Waals surface area (Å²) in [5.41, 5.74) is 0.676. The number of hydrogen-bond donors (Lipinski definition) is 0. The number of aryl methyl sites for hydroxylation is 2. The molecule has 2 rings (SSSR count). The van der Waals surface area contributed by atoms with Gasteiger partial charge >= 0.3 is 0 Å². The highest BCUT2D eigenvalue weighted by Gasteiger charge is 2.00. The zero-order valence-electron chi connectivity index (χ0n) is 6.46. The van der Waals surface area contributed by atoms with Crippen LogP contribution in [-0.2, 0) is 0 Å². The fourth-order valence-corrected chi connectivity index (χ4v) is 1.04. The molecule has 0 bridgehead atoms. The fourth-order valence-electron chi connectivity index (χ4n) is 1.04. The van der Waals surface area contributed by atoms with Gasteiger partial charge in [-0.3, -0.25) is 0 Å². The van der Waals surface area contributed by atoms with E-state index in [0.29, 0.717) is 5.71 Å². The van der Waals surface area contributed by atoms with Crippen LogP contribution < -0.4 is 0 Å². The van der Waals surface area contributed by atoms with Crippen LogP contribution in [0.4, 0.5) is 0 Å². The highest BCUT2D eigenvalue weighted by atomic mass is 16.3. The Kier molecular flexibility index (Phi) is 1.18. The quantitative estimate of drug-likeness (QED) is 0.572. The first-order chi connectivity index (χ1) is 5.25. The molecular weight excluding hydrogens is 140 g/mol. The van der Waals surface area contributed by atoms with Crippen LogP contribution in [-0.4, -0.2) is 9.97 Å². The number of nitrogens with zero attached hydrogens (tertiary/aromatic N) is 2. The molecule has 56 valence electrons. The minimum atomic E-state index is 0.676. The Labute approximate surface area is 64.1 Å². The maximum atomic E-state index is 5.30. The van der Waals surface area contributed by atoms with Gasteiger partial charge in [0.15, 0.2) is 0 Å². The standard InChI is InChI=1S/C8H8N2O/c1-5-3-7-4-9-6(2)10-8(7)11-5/h3-4H,1-2H3. The molecule has 0 aromatic carbocycles. The lowest BCUT2D eigenvalue weighted by Crippen LogP contribution is -1.83. The third-order valence-electron chi connectivity index (χ3n) is 1.52. The average Bonchev–Trinajstić information content (AvgIpc) is 2.27. The predicted molar refractivity (Wildman–Crippen MR) is 41.3 cm³/mol. The Hall–Kier alpha value is -1.38. The molecule has 0 unspecified atom stereocenters. The van der Waals surface area contributed by atoms with Crippen LogP contribution in [0.2, 0.25) is 0 Å². The van der Waals surface area contributed by atoms with Crippen molar-refractivity contribution in [2.24, 2.45) is 0 Å². The van der Waals surface area contributed by atoms with Crippen molar-refractivity contribution in [2.45, 2.75) is 13.8 Å². The second-order valence-corrected chi connectivity index (χ2v) is 2.53. The van der Waals surface area contributed by atoms with E-state index in [0.717, 1.165) is 17.0 Å². The topological polar surface area (TPSA) is 38.9 Å². The molecule has 3 heteroatoms. The van der Waals surface area contributed by atoms with Crippen molar-refractivity contribution >= 4 is 11.1 Å². The molecule has 0 saturated carbocycles. The first kappa shape index (κ1) is 6.34. The van der Waals surface area contributed by atoms with Crippen molar-refractivity contribution in [3.8, 4) is 0 Å². The molecule has 0 aliphatic carbocycles. The summed E-state index contributed by atoms with van der Waals surface area (Å²) < 4.78 is 5.30. The van der Waals surface area contributed by atoms with E-state index >= 15 is 0 Å². The highest BCUT2D eigenvalue weighted by molar-refractivity contribution is 5.72. The zero-order valence-corrected chi connectivity index (χ0v) is 6.46. The lowest BCUT2D eigenvalue weighted by molar-refractivity contribution is 0.566. The minimum absolute atomic E-state index is 0.676. The first-order valence-corrected chi connectivity index (χ1v) is 3.45. The van der Waals surface area contributed by atoms with Crippen molar-refractivity contribution < 1.29 is 4.42 Å². The predicted octanol–water partition coefficient (Wildman–Crippen LogP) is 1.84. The molecule has 0 aliphatic rings. The maximum absolute atomic E-state index is 5.30. The zero-order chi connectivity index (χ0) is 7.84. The molecule has 0 radical (unpaired) electrons. The maximum Gasteiger partial charge on any atom is 0.229 e. The summed E-state index contributed by atoms with van der Waals surface area (Å²) in [5, 5.41) is 0.966. The van der Waals surface area contributed by atoms with Gasteiger partial charge in [0.1, 0.15) is 11.6 Å². The normalized spacial score (nSPS) is 10.7. The molecule has 2 aromatic heterocycles. The van der Waals surface area contributed by atoms with Gasteiger partial charge in [0.05, 0.1) is 5.39 Å². The third-order valence-corrected chi connectivity index (χ3v) is 1.52. The molecule has 2 aromatic rings. The van der Waals surface area contributed by atoms with Crippen LogP contribution in [0, 0.1) is 13.8 Å². The Morgan fingerprint density at radius 2 is 2.18 bits per heavy atom. The van der Waals surface area contributed by atoms with Gasteiger partial charge in [0.25, 0.3) is 0 Å². The third kappa shape index (κ3) is 0.981. The molecule has 11 heavy (non-hydrogen) atoms. The number of hydrogen-bond acceptors (Lipinski definition) is 3. The summed E-state index contributed by atoms with van der Waals surface area (Å²) in [6.07, 6.45) is 1.77. The van der Waals surface area contributed by atoms with E-state index in [4.69, 9.17) is 4.42 Å². The SMILES string of the molecule is Cc1ncc2cc(C)oc2n1. The molecule has 0 amide bonds. The molecule has 0 atom stereocenters. The number of rotatable bonds is 0. The molecule has 0 saturated heterocycles. The van der Waals surface area contributed by atoms with E-state index in [1.807, 2.05) is 19.9 Å². The van der Waals surface area contributed by atoms with E-state index in [1.54, 1.807) is 6.20 Å². The number of fused-ring (bicyclic) bond motifs is 1. The van der Waals surface area contributed by atoms with Crippen molar-refractivity contribution in [2.75, 3.05) is 0 Å². The van der Waals surface area contributed by atoms with E-state index in [9.17, 15) is 0 Å². The smallest absolute Gasteiger partial charge is 0.229 e. The van der Waals surface area contributed by atoms with Crippen LogP contribution >= 0.6 is 0 Å². The lowest BCUT2D eigenvalue weighted by atomic mass is 10.4. The summed E-state index contributed by atoms with van der Waals surface area (Å²) >= 11 is 0.